The molecule has 0 unspecified atom stereocenters. The number of rotatable bonds is 0. The zero-order chi connectivity index (χ0) is 16.0. The summed E-state index contributed by atoms with van der Waals surface area (Å²) >= 11 is 7.35. The van der Waals surface area contributed by atoms with Gasteiger partial charge >= 0.3 is 0 Å². The van der Waals surface area contributed by atoms with E-state index in [4.69, 9.17) is 0 Å². The second-order valence-electron chi connectivity index (χ2n) is 5.81. The number of nitrogens with one attached hydrogen (secondary N) is 1. The largest absolute Gasteiger partial charge is 0.377 e. The highest BCUT2D eigenvalue weighted by atomic mass is 79.9. The van der Waals surface area contributed by atoms with Crippen LogP contribution < -0.4 is 5.32 Å². The van der Waals surface area contributed by atoms with E-state index in [-0.39, 0.29) is 6.04 Å². The Morgan fingerprint density at radius 2 is 1.39 bits per heavy atom. The summed E-state index contributed by atoms with van der Waals surface area (Å²) in [6, 6.07) is 21.8. The summed E-state index contributed by atoms with van der Waals surface area (Å²) in [5.41, 5.74) is 7.50. The summed E-state index contributed by atoms with van der Waals surface area (Å²) in [5.74, 6) is 0. The molecular weight excluding hydrogens is 414 g/mol. The molecule has 0 fully saturated rings. The Balaban J connectivity index is 2.12. The Kier molecular flexibility index (Phi) is 3.78. The molecule has 0 aromatic heterocycles. The van der Waals surface area contributed by atoms with E-state index in [9.17, 15) is 0 Å². The van der Waals surface area contributed by atoms with Crippen molar-refractivity contribution in [3.8, 4) is 22.3 Å². The van der Waals surface area contributed by atoms with Crippen molar-refractivity contribution in [2.24, 2.45) is 0 Å². The molecule has 3 heteroatoms. The van der Waals surface area contributed by atoms with Gasteiger partial charge in [0.2, 0.25) is 0 Å². The molecular formula is C20H15Br2N. The van der Waals surface area contributed by atoms with E-state index in [0.29, 0.717) is 0 Å². The number of hydrogen-bond acceptors (Lipinski definition) is 1. The molecule has 1 heterocycles. The van der Waals surface area contributed by atoms with Gasteiger partial charge in [-0.3, -0.25) is 0 Å². The summed E-state index contributed by atoms with van der Waals surface area (Å²) in [6.45, 7) is 2.21. The third-order valence-electron chi connectivity index (χ3n) is 4.35. The summed E-state index contributed by atoms with van der Waals surface area (Å²) in [6.07, 6.45) is 0. The van der Waals surface area contributed by atoms with Gasteiger partial charge in [0.05, 0.1) is 5.69 Å². The lowest BCUT2D eigenvalue weighted by molar-refractivity contribution is 0.884. The van der Waals surface area contributed by atoms with Crippen LogP contribution in [0.1, 0.15) is 18.5 Å². The highest BCUT2D eigenvalue weighted by Gasteiger charge is 2.22. The number of hydrogen-bond donors (Lipinski definition) is 1. The molecule has 23 heavy (non-hydrogen) atoms. The Morgan fingerprint density at radius 1 is 0.783 bits per heavy atom. The Morgan fingerprint density at radius 3 is 2.13 bits per heavy atom. The van der Waals surface area contributed by atoms with Gasteiger partial charge in [0, 0.05) is 20.6 Å². The number of anilines is 1. The monoisotopic (exact) mass is 427 g/mol. The maximum absolute atomic E-state index is 3.72. The lowest BCUT2D eigenvalue weighted by atomic mass is 9.87. The van der Waals surface area contributed by atoms with Crippen molar-refractivity contribution < 1.29 is 0 Å². The minimum atomic E-state index is 0.232. The maximum Gasteiger partial charge on any atom is 0.0570 e. The summed E-state index contributed by atoms with van der Waals surface area (Å²) in [7, 11) is 0. The van der Waals surface area contributed by atoms with E-state index in [2.05, 4.69) is 105 Å². The van der Waals surface area contributed by atoms with Crippen molar-refractivity contribution >= 4 is 37.5 Å². The molecule has 0 radical (unpaired) electrons. The third-order valence-corrected chi connectivity index (χ3v) is 5.43. The van der Waals surface area contributed by atoms with Gasteiger partial charge in [-0.05, 0) is 57.2 Å². The van der Waals surface area contributed by atoms with Crippen molar-refractivity contribution in [2.75, 3.05) is 5.32 Å². The molecule has 114 valence electrons. The first kappa shape index (κ1) is 15.0. The zero-order valence-corrected chi connectivity index (χ0v) is 15.8. The van der Waals surface area contributed by atoms with Crippen LogP contribution in [-0.4, -0.2) is 0 Å². The third kappa shape index (κ3) is 2.52. The van der Waals surface area contributed by atoms with Crippen LogP contribution in [0.3, 0.4) is 0 Å². The van der Waals surface area contributed by atoms with Crippen molar-refractivity contribution in [1.29, 1.82) is 0 Å². The molecule has 1 aliphatic heterocycles. The number of fused-ring (bicyclic) bond motifs is 5. The molecule has 1 N–H and O–H groups in total. The van der Waals surface area contributed by atoms with Crippen molar-refractivity contribution in [2.45, 2.75) is 13.0 Å². The highest BCUT2D eigenvalue weighted by Crippen LogP contribution is 2.46. The molecule has 3 aromatic rings. The first-order valence-corrected chi connectivity index (χ1v) is 9.18. The van der Waals surface area contributed by atoms with Crippen LogP contribution in [-0.2, 0) is 0 Å². The average Bonchev–Trinajstić information content (AvgIpc) is 2.56. The summed E-state index contributed by atoms with van der Waals surface area (Å²) in [5, 5.41) is 3.69. The first-order chi connectivity index (χ1) is 11.1. The van der Waals surface area contributed by atoms with Gasteiger partial charge in [-0.25, -0.2) is 0 Å². The van der Waals surface area contributed by atoms with Crippen LogP contribution in [0.15, 0.2) is 69.6 Å². The Bertz CT molecular complexity index is 902. The number of halogens is 2. The van der Waals surface area contributed by atoms with Gasteiger partial charge in [0.15, 0.2) is 0 Å². The lowest BCUT2D eigenvalue weighted by Gasteiger charge is -2.27. The van der Waals surface area contributed by atoms with Crippen molar-refractivity contribution in [1.82, 2.24) is 0 Å². The van der Waals surface area contributed by atoms with E-state index in [1.54, 1.807) is 0 Å². The van der Waals surface area contributed by atoms with Gasteiger partial charge in [0.1, 0.15) is 0 Å². The molecule has 0 saturated heterocycles. The quantitative estimate of drug-likeness (QED) is 0.405. The average molecular weight is 429 g/mol. The van der Waals surface area contributed by atoms with Crippen LogP contribution in [0.5, 0.6) is 0 Å². The van der Waals surface area contributed by atoms with Gasteiger partial charge < -0.3 is 5.32 Å². The second-order valence-corrected chi connectivity index (χ2v) is 7.58. The molecule has 3 aromatic carbocycles. The fourth-order valence-corrected chi connectivity index (χ4v) is 4.64. The first-order valence-electron chi connectivity index (χ1n) is 7.59. The minimum absolute atomic E-state index is 0.232. The molecule has 0 amide bonds. The molecule has 1 nitrogen and oxygen atoms in total. The SMILES string of the molecule is C[C@H]1Nc2c(Br)cc(Br)cc2-c2ccccc2-c2ccccc21. The van der Waals surface area contributed by atoms with Crippen LogP contribution in [0.4, 0.5) is 5.69 Å². The Labute approximate surface area is 153 Å². The molecule has 0 bridgehead atoms. The van der Waals surface area contributed by atoms with Gasteiger partial charge in [-0.1, -0.05) is 64.5 Å². The standard InChI is InChI=1S/C20H15Br2N/c1-12-14-6-2-3-7-15(14)16-8-4-5-9-17(16)18-10-13(21)11-19(22)20(18)23-12/h2-12,23H,1H3/t12-/m1/s1. The van der Waals surface area contributed by atoms with Gasteiger partial charge in [0.25, 0.3) is 0 Å². The summed E-state index contributed by atoms with van der Waals surface area (Å²) < 4.78 is 2.14. The number of benzene rings is 3. The topological polar surface area (TPSA) is 12.0 Å². The second kappa shape index (κ2) is 5.81. The van der Waals surface area contributed by atoms with Crippen LogP contribution >= 0.6 is 31.9 Å². The molecule has 1 aliphatic rings. The van der Waals surface area contributed by atoms with E-state index in [1.807, 2.05) is 0 Å². The molecule has 0 aliphatic carbocycles. The maximum atomic E-state index is 3.72. The molecule has 1 atom stereocenters. The van der Waals surface area contributed by atoms with Crippen molar-refractivity contribution in [3.63, 3.8) is 0 Å². The highest BCUT2D eigenvalue weighted by molar-refractivity contribution is 9.11. The van der Waals surface area contributed by atoms with E-state index in [1.165, 1.54) is 27.8 Å². The fraction of sp³-hybridized carbons (Fsp3) is 0.100. The predicted octanol–water partition coefficient (Wildman–Crippen LogP) is 7.03. The predicted molar refractivity (Wildman–Crippen MR) is 105 cm³/mol. The van der Waals surface area contributed by atoms with Crippen LogP contribution in [0, 0.1) is 0 Å². The van der Waals surface area contributed by atoms with Gasteiger partial charge in [-0.2, -0.15) is 0 Å². The normalized spacial score (nSPS) is 15.5. The van der Waals surface area contributed by atoms with Gasteiger partial charge in [-0.15, -0.1) is 0 Å². The zero-order valence-electron chi connectivity index (χ0n) is 12.6. The minimum Gasteiger partial charge on any atom is -0.377 e. The molecule has 4 rings (SSSR count). The van der Waals surface area contributed by atoms with E-state index >= 15 is 0 Å². The van der Waals surface area contributed by atoms with Crippen molar-refractivity contribution in [3.05, 3.63) is 75.2 Å². The van der Waals surface area contributed by atoms with Crippen LogP contribution in [0.25, 0.3) is 22.3 Å². The fourth-order valence-electron chi connectivity index (χ4n) is 3.30. The molecule has 0 saturated carbocycles. The molecule has 0 spiro atoms. The summed E-state index contributed by atoms with van der Waals surface area (Å²) in [4.78, 5) is 0. The Hall–Kier alpha value is -1.58. The lowest BCUT2D eigenvalue weighted by Crippen LogP contribution is -2.12. The van der Waals surface area contributed by atoms with E-state index < -0.39 is 0 Å². The smallest absolute Gasteiger partial charge is 0.0570 e. The van der Waals surface area contributed by atoms with Crippen LogP contribution in [0.2, 0.25) is 0 Å². The van der Waals surface area contributed by atoms with E-state index in [0.717, 1.165) is 14.6 Å².